The van der Waals surface area contributed by atoms with Crippen LogP contribution in [0.2, 0.25) is 19.6 Å². The third kappa shape index (κ3) is 6.94. The summed E-state index contributed by atoms with van der Waals surface area (Å²) in [5.74, 6) is 0. The van der Waals surface area contributed by atoms with Gasteiger partial charge in [0, 0.05) is 22.7 Å². The van der Waals surface area contributed by atoms with Crippen molar-refractivity contribution in [3.8, 4) is 22.4 Å². The number of aryl methyl sites for hydroxylation is 3. The lowest BCUT2D eigenvalue weighted by molar-refractivity contribution is -0.660. The first kappa shape index (κ1) is 22.0. The molecule has 1 nitrogen and oxygen atoms in total. The summed E-state index contributed by atoms with van der Waals surface area (Å²) in [6, 6.07) is 15.2. The molecular formula is C33H48NSi+. The molecule has 35 heavy (non-hydrogen) atoms. The summed E-state index contributed by atoms with van der Waals surface area (Å²) in [4.78, 5) is 0. The van der Waals surface area contributed by atoms with Crippen molar-refractivity contribution < 1.29 is 10.1 Å². The van der Waals surface area contributed by atoms with E-state index in [0.29, 0.717) is 11.1 Å². The molecule has 0 aliphatic rings. The second-order valence-electron chi connectivity index (χ2n) is 13.2. The van der Waals surface area contributed by atoms with Gasteiger partial charge in [-0.05, 0) is 65.7 Å². The Morgan fingerprint density at radius 2 is 1.31 bits per heavy atom. The molecule has 0 N–H and O–H groups in total. The Morgan fingerprint density at radius 3 is 1.83 bits per heavy atom. The number of nitrogens with zero attached hydrogens (tertiary/aromatic N) is 1. The van der Waals surface area contributed by atoms with Crippen LogP contribution in [-0.4, -0.2) is 8.07 Å². The lowest BCUT2D eigenvalue weighted by atomic mass is 9.81. The summed E-state index contributed by atoms with van der Waals surface area (Å²) in [5.41, 5.74) is 6.12. The second kappa shape index (κ2) is 9.69. The topological polar surface area (TPSA) is 3.88 Å². The number of pyridine rings is 1. The molecule has 0 saturated carbocycles. The minimum atomic E-state index is -1.75. The molecule has 0 unspecified atom stereocenters. The van der Waals surface area contributed by atoms with Gasteiger partial charge in [-0.1, -0.05) is 102 Å². The lowest BCUT2D eigenvalue weighted by Crippen LogP contribution is -2.39. The zero-order valence-electron chi connectivity index (χ0n) is 28.1. The predicted molar refractivity (Wildman–Crippen MR) is 157 cm³/mol. The minimum absolute atomic E-state index is 0.413. The number of hydrogen-bond acceptors (Lipinski definition) is 0. The largest absolute Gasteiger partial charge is 0.212 e. The quantitative estimate of drug-likeness (QED) is 0.251. The molecule has 0 saturated heterocycles. The number of rotatable bonds is 5. The molecule has 0 aliphatic carbocycles. The summed E-state index contributed by atoms with van der Waals surface area (Å²) < 4.78 is 38.7. The standard InChI is InChI=1S/C33H48NSi/c1-23-13-15-25(16-14-23)29-19-28(24(2)17-31(29)35(10,11)12)30-18-26(20-32(3,4)5)27(22-34(30)9)21-33(6,7)8/h13-19,22H,20-21H2,1-12H3/q+1/i20D2,21D2. The van der Waals surface area contributed by atoms with Crippen molar-refractivity contribution >= 4 is 13.3 Å². The van der Waals surface area contributed by atoms with Crippen molar-refractivity contribution in [2.24, 2.45) is 17.9 Å². The van der Waals surface area contributed by atoms with Crippen LogP contribution in [0.5, 0.6) is 0 Å². The summed E-state index contributed by atoms with van der Waals surface area (Å²) >= 11 is 0. The van der Waals surface area contributed by atoms with Gasteiger partial charge in [-0.15, -0.1) is 0 Å². The number of hydrogen-bond donors (Lipinski definition) is 0. The maximum absolute atomic E-state index is 9.24. The van der Waals surface area contributed by atoms with Gasteiger partial charge in [0.05, 0.1) is 8.07 Å². The van der Waals surface area contributed by atoms with Crippen LogP contribution >= 0.6 is 0 Å². The monoisotopic (exact) mass is 490 g/mol. The average Bonchev–Trinajstić information content (AvgIpc) is 2.77. The van der Waals surface area contributed by atoms with Crippen molar-refractivity contribution in [2.45, 2.75) is 87.8 Å². The first-order valence-electron chi connectivity index (χ1n) is 14.8. The van der Waals surface area contributed by atoms with Crippen LogP contribution in [0.25, 0.3) is 22.4 Å². The summed E-state index contributed by atoms with van der Waals surface area (Å²) in [7, 11) is 0.270. The molecule has 0 fully saturated rings. The SMILES string of the molecule is [2H]C([2H])(c1cc(-c2cc(-c3ccc(C)cc3)c([Si](C)(C)C)cc2C)[n+](C)cc1C([2H])([2H])C(C)(C)C)C(C)(C)C. The van der Waals surface area contributed by atoms with Gasteiger partial charge < -0.3 is 0 Å². The molecule has 188 valence electrons. The van der Waals surface area contributed by atoms with Gasteiger partial charge in [-0.25, -0.2) is 4.57 Å². The molecule has 0 radical (unpaired) electrons. The van der Waals surface area contributed by atoms with Crippen LogP contribution in [-0.2, 0) is 19.8 Å². The van der Waals surface area contributed by atoms with E-state index >= 15 is 0 Å². The van der Waals surface area contributed by atoms with Gasteiger partial charge in [0.1, 0.15) is 7.05 Å². The first-order chi connectivity index (χ1) is 17.5. The van der Waals surface area contributed by atoms with Crippen LogP contribution in [0, 0.1) is 24.7 Å². The van der Waals surface area contributed by atoms with Gasteiger partial charge in [-0.2, -0.15) is 0 Å². The maximum Gasteiger partial charge on any atom is 0.212 e. The summed E-state index contributed by atoms with van der Waals surface area (Å²) in [5, 5.41) is 1.40. The van der Waals surface area contributed by atoms with Crippen molar-refractivity contribution in [1.82, 2.24) is 0 Å². The molecular weight excluding hydrogens is 438 g/mol. The number of benzene rings is 2. The predicted octanol–water partition coefficient (Wildman–Crippen LogP) is 8.18. The molecule has 1 aromatic heterocycles. The van der Waals surface area contributed by atoms with Gasteiger partial charge in [-0.3, -0.25) is 0 Å². The van der Waals surface area contributed by atoms with Crippen LogP contribution in [0.1, 0.15) is 69.3 Å². The Kier molecular flexibility index (Phi) is 6.10. The van der Waals surface area contributed by atoms with E-state index in [9.17, 15) is 2.74 Å². The Bertz CT molecular complexity index is 1370. The van der Waals surface area contributed by atoms with Crippen molar-refractivity contribution in [3.05, 3.63) is 70.9 Å². The van der Waals surface area contributed by atoms with Crippen LogP contribution in [0.4, 0.5) is 0 Å². The lowest BCUT2D eigenvalue weighted by Gasteiger charge is -2.25. The van der Waals surface area contributed by atoms with Crippen molar-refractivity contribution in [2.75, 3.05) is 0 Å². The summed E-state index contributed by atoms with van der Waals surface area (Å²) in [6.07, 6.45) is -1.66. The molecule has 0 aliphatic heterocycles. The fourth-order valence-corrected chi connectivity index (χ4v) is 6.18. The fourth-order valence-electron chi connectivity index (χ4n) is 4.50. The van der Waals surface area contributed by atoms with E-state index in [-0.39, 0.29) is 0 Å². The van der Waals surface area contributed by atoms with E-state index in [0.717, 1.165) is 16.8 Å². The normalized spacial score (nSPS) is 15.3. The Balaban J connectivity index is 2.44. The van der Waals surface area contributed by atoms with E-state index in [4.69, 9.17) is 2.74 Å². The van der Waals surface area contributed by atoms with E-state index in [1.54, 1.807) is 0 Å². The van der Waals surface area contributed by atoms with Gasteiger partial charge >= 0.3 is 0 Å². The molecule has 2 heteroatoms. The third-order valence-corrected chi connectivity index (χ3v) is 8.13. The van der Waals surface area contributed by atoms with Crippen molar-refractivity contribution in [3.63, 3.8) is 0 Å². The van der Waals surface area contributed by atoms with E-state index in [2.05, 4.69) is 69.9 Å². The van der Waals surface area contributed by atoms with E-state index in [1.807, 2.05) is 65.4 Å². The maximum atomic E-state index is 9.24. The highest BCUT2D eigenvalue weighted by molar-refractivity contribution is 6.89. The highest BCUT2D eigenvalue weighted by Gasteiger charge is 2.27. The molecule has 3 aromatic rings. The highest BCUT2D eigenvalue weighted by atomic mass is 28.3. The van der Waals surface area contributed by atoms with Gasteiger partial charge in [0.2, 0.25) is 5.69 Å². The third-order valence-electron chi connectivity index (χ3n) is 6.10. The highest BCUT2D eigenvalue weighted by Crippen LogP contribution is 2.33. The number of aromatic nitrogens is 1. The smallest absolute Gasteiger partial charge is 0.201 e. The first-order valence-corrected chi connectivity index (χ1v) is 16.3. The Morgan fingerprint density at radius 1 is 0.771 bits per heavy atom. The fraction of sp³-hybridized carbons (Fsp3) is 0.485. The second-order valence-corrected chi connectivity index (χ2v) is 18.2. The molecule has 0 spiro atoms. The zero-order valence-corrected chi connectivity index (χ0v) is 25.1. The summed E-state index contributed by atoms with van der Waals surface area (Å²) in [6.45, 7) is 22.7. The molecule has 0 amide bonds. The van der Waals surface area contributed by atoms with Crippen molar-refractivity contribution in [1.29, 1.82) is 0 Å². The average molecular weight is 491 g/mol. The van der Waals surface area contributed by atoms with Gasteiger partial charge in [0.25, 0.3) is 0 Å². The molecule has 1 heterocycles. The van der Waals surface area contributed by atoms with Crippen LogP contribution < -0.4 is 9.75 Å². The van der Waals surface area contributed by atoms with E-state index < -0.39 is 31.6 Å². The van der Waals surface area contributed by atoms with E-state index in [1.165, 1.54) is 21.9 Å². The zero-order chi connectivity index (χ0) is 29.9. The molecule has 0 atom stereocenters. The molecule has 0 bridgehead atoms. The Hall–Kier alpha value is -2.19. The van der Waals surface area contributed by atoms with Gasteiger partial charge in [0.15, 0.2) is 6.20 Å². The Labute approximate surface area is 222 Å². The van der Waals surface area contributed by atoms with Crippen LogP contribution in [0.3, 0.4) is 0 Å². The minimum Gasteiger partial charge on any atom is -0.201 e. The molecule has 2 aromatic carbocycles. The molecule has 3 rings (SSSR count). The van der Waals surface area contributed by atoms with Crippen LogP contribution in [0.15, 0.2) is 48.7 Å².